The summed E-state index contributed by atoms with van der Waals surface area (Å²) in [6.07, 6.45) is 10.5. The Balaban J connectivity index is 1.21. The van der Waals surface area contributed by atoms with Crippen molar-refractivity contribution < 1.29 is 19.4 Å². The van der Waals surface area contributed by atoms with Gasteiger partial charge >= 0.3 is 5.97 Å². The summed E-state index contributed by atoms with van der Waals surface area (Å²) in [7, 11) is 0. The molecule has 39 heavy (non-hydrogen) atoms. The Morgan fingerprint density at radius 1 is 1.03 bits per heavy atom. The Kier molecular flexibility index (Phi) is 6.89. The van der Waals surface area contributed by atoms with Gasteiger partial charge in [0.1, 0.15) is 17.3 Å². The number of fused-ring (bicyclic) bond motifs is 1. The van der Waals surface area contributed by atoms with Crippen molar-refractivity contribution in [3.63, 3.8) is 0 Å². The van der Waals surface area contributed by atoms with E-state index in [-0.39, 0.29) is 24.5 Å². The van der Waals surface area contributed by atoms with E-state index in [4.69, 9.17) is 4.74 Å². The van der Waals surface area contributed by atoms with E-state index >= 15 is 0 Å². The van der Waals surface area contributed by atoms with Gasteiger partial charge in [-0.25, -0.2) is 9.50 Å². The van der Waals surface area contributed by atoms with Crippen LogP contribution in [0.1, 0.15) is 98.5 Å². The lowest BCUT2D eigenvalue weighted by Crippen LogP contribution is -2.52. The molecule has 1 N–H and O–H groups in total. The van der Waals surface area contributed by atoms with Crippen LogP contribution >= 0.6 is 0 Å². The molecule has 2 aromatic heterocycles. The summed E-state index contributed by atoms with van der Waals surface area (Å²) in [5.74, 6) is 0.486. The molecule has 3 aromatic rings. The minimum absolute atomic E-state index is 0.0739. The van der Waals surface area contributed by atoms with Gasteiger partial charge in [0.15, 0.2) is 11.6 Å². The normalized spacial score (nSPS) is 24.6. The van der Waals surface area contributed by atoms with Gasteiger partial charge < -0.3 is 9.84 Å². The fourth-order valence-corrected chi connectivity index (χ4v) is 7.23. The number of aromatic hydroxyl groups is 1. The van der Waals surface area contributed by atoms with E-state index in [0.717, 1.165) is 61.0 Å². The minimum Gasteiger partial charge on any atom is -0.508 e. The molecule has 2 unspecified atom stereocenters. The second-order valence-electron chi connectivity index (χ2n) is 12.0. The first-order chi connectivity index (χ1) is 18.8. The van der Waals surface area contributed by atoms with E-state index in [1.807, 2.05) is 26.0 Å². The van der Waals surface area contributed by atoms with Crippen LogP contribution in [0, 0.1) is 25.7 Å². The topological polar surface area (TPSA) is 107 Å². The molecule has 3 fully saturated rings. The van der Waals surface area contributed by atoms with Crippen LogP contribution < -0.4 is 0 Å². The van der Waals surface area contributed by atoms with Crippen LogP contribution in [0.3, 0.4) is 0 Å². The predicted octanol–water partition coefficient (Wildman–Crippen LogP) is 5.34. The number of nitrogens with zero attached hydrogens (tertiary/aromatic N) is 4. The maximum Gasteiger partial charge on any atom is 0.317 e. The number of phenolic OH excluding ortho intramolecular Hbond substituents is 1. The van der Waals surface area contributed by atoms with E-state index in [0.29, 0.717) is 36.1 Å². The lowest BCUT2D eigenvalue weighted by molar-refractivity contribution is -0.185. The molecule has 3 heterocycles. The first-order valence-corrected chi connectivity index (χ1v) is 14.6. The Hall–Kier alpha value is -3.29. The molecular formula is C31H38N4O4. The Labute approximate surface area is 229 Å². The molecule has 0 radical (unpaired) electrons. The Morgan fingerprint density at radius 3 is 2.51 bits per heavy atom. The Bertz CT molecular complexity index is 1380. The quantitative estimate of drug-likeness (QED) is 0.325. The lowest BCUT2D eigenvalue weighted by Gasteiger charge is -2.43. The number of esters is 1. The minimum atomic E-state index is -0.888. The van der Waals surface area contributed by atoms with Gasteiger partial charge in [-0.3, -0.25) is 9.59 Å². The van der Waals surface area contributed by atoms with E-state index in [1.165, 1.54) is 12.8 Å². The SMILES string of the molecule is Cc1cc(C)n2nc(CC3C(=O)CC(CCc4ccc(O)c(C5CCCC5)c4)(C4CCCC4)OC3=O)nc2n1. The molecule has 1 saturated heterocycles. The average molecular weight is 531 g/mol. The standard InChI is InChI=1S/C31H38N4O4/c1-19-15-20(2)35-30(32-19)33-28(34-35)17-25-27(37)18-31(39-29(25)38,23-9-5-6-10-23)14-13-21-11-12-26(36)24(16-21)22-7-3-4-8-22/h11-12,15-16,22-23,25,36H,3-10,13-14,17-18H2,1-2H3. The zero-order valence-electron chi connectivity index (χ0n) is 23.0. The van der Waals surface area contributed by atoms with Gasteiger partial charge in [0.25, 0.3) is 5.78 Å². The zero-order chi connectivity index (χ0) is 27.1. The number of phenols is 1. The molecule has 1 aromatic carbocycles. The lowest BCUT2D eigenvalue weighted by atomic mass is 9.73. The van der Waals surface area contributed by atoms with Gasteiger partial charge in [0.05, 0.1) is 0 Å². The van der Waals surface area contributed by atoms with Crippen LogP contribution in [0.4, 0.5) is 0 Å². The van der Waals surface area contributed by atoms with Crippen molar-refractivity contribution in [1.29, 1.82) is 0 Å². The van der Waals surface area contributed by atoms with Crippen molar-refractivity contribution in [2.45, 2.75) is 102 Å². The molecular weight excluding hydrogens is 492 g/mol. The van der Waals surface area contributed by atoms with Gasteiger partial charge in [-0.05, 0) is 87.5 Å². The third-order valence-corrected chi connectivity index (χ3v) is 9.32. The third-order valence-electron chi connectivity index (χ3n) is 9.32. The van der Waals surface area contributed by atoms with Crippen molar-refractivity contribution in [1.82, 2.24) is 19.6 Å². The first-order valence-electron chi connectivity index (χ1n) is 14.6. The predicted molar refractivity (Wildman–Crippen MR) is 145 cm³/mol. The number of ether oxygens (including phenoxy) is 1. The van der Waals surface area contributed by atoms with Crippen molar-refractivity contribution in [2.24, 2.45) is 11.8 Å². The highest BCUT2D eigenvalue weighted by Gasteiger charge is 2.51. The molecule has 2 saturated carbocycles. The highest BCUT2D eigenvalue weighted by molar-refractivity contribution is 6.01. The van der Waals surface area contributed by atoms with Gasteiger partial charge in [0.2, 0.25) is 0 Å². The van der Waals surface area contributed by atoms with E-state index in [2.05, 4.69) is 21.1 Å². The molecule has 8 nitrogen and oxygen atoms in total. The highest BCUT2D eigenvalue weighted by atomic mass is 16.6. The molecule has 206 valence electrons. The molecule has 3 aliphatic rings. The number of aryl methyl sites for hydroxylation is 3. The summed E-state index contributed by atoms with van der Waals surface area (Å²) in [5.41, 5.74) is 3.15. The highest BCUT2D eigenvalue weighted by Crippen LogP contribution is 2.45. The number of ketones is 1. The fraction of sp³-hybridized carbons (Fsp3) is 0.581. The summed E-state index contributed by atoms with van der Waals surface area (Å²) in [4.78, 5) is 36.0. The van der Waals surface area contributed by atoms with Crippen LogP contribution in [0.5, 0.6) is 5.75 Å². The van der Waals surface area contributed by atoms with Crippen molar-refractivity contribution >= 4 is 17.5 Å². The number of benzene rings is 1. The molecule has 2 aliphatic carbocycles. The number of carbonyl (C=O) groups excluding carboxylic acids is 2. The molecule has 8 heteroatoms. The van der Waals surface area contributed by atoms with Gasteiger partial charge in [-0.15, -0.1) is 5.10 Å². The van der Waals surface area contributed by atoms with Crippen LogP contribution in [-0.4, -0.2) is 42.0 Å². The largest absolute Gasteiger partial charge is 0.508 e. The maximum absolute atomic E-state index is 13.6. The van der Waals surface area contributed by atoms with Gasteiger partial charge in [-0.1, -0.05) is 37.8 Å². The molecule has 1 aliphatic heterocycles. The zero-order valence-corrected chi connectivity index (χ0v) is 23.0. The van der Waals surface area contributed by atoms with Crippen LogP contribution in [0.25, 0.3) is 5.78 Å². The molecule has 2 atom stereocenters. The van der Waals surface area contributed by atoms with Crippen molar-refractivity contribution in [2.75, 3.05) is 0 Å². The van der Waals surface area contributed by atoms with Crippen LogP contribution in [-0.2, 0) is 27.2 Å². The molecule has 0 bridgehead atoms. The second-order valence-corrected chi connectivity index (χ2v) is 12.0. The third kappa shape index (κ3) is 5.06. The van der Waals surface area contributed by atoms with Gasteiger partial charge in [0, 0.05) is 24.2 Å². The van der Waals surface area contributed by atoms with Crippen molar-refractivity contribution in [3.05, 3.63) is 52.6 Å². The summed E-state index contributed by atoms with van der Waals surface area (Å²) in [6.45, 7) is 3.83. The number of cyclic esters (lactones) is 1. The smallest absolute Gasteiger partial charge is 0.317 e. The first kappa shape index (κ1) is 26.0. The average Bonchev–Trinajstić information content (AvgIpc) is 3.68. The second kappa shape index (κ2) is 10.4. The number of aromatic nitrogens is 4. The number of hydrogen-bond acceptors (Lipinski definition) is 7. The summed E-state index contributed by atoms with van der Waals surface area (Å²) in [5, 5.41) is 15.0. The van der Waals surface area contributed by atoms with Crippen molar-refractivity contribution in [3.8, 4) is 5.75 Å². The number of hydrogen-bond donors (Lipinski definition) is 1. The fourth-order valence-electron chi connectivity index (χ4n) is 7.23. The molecule has 0 amide bonds. The monoisotopic (exact) mass is 530 g/mol. The Morgan fingerprint density at radius 2 is 1.77 bits per heavy atom. The van der Waals surface area contributed by atoms with E-state index in [9.17, 15) is 14.7 Å². The van der Waals surface area contributed by atoms with E-state index < -0.39 is 17.5 Å². The summed E-state index contributed by atoms with van der Waals surface area (Å²) < 4.78 is 7.97. The van der Waals surface area contributed by atoms with E-state index in [1.54, 1.807) is 10.6 Å². The number of Topliss-reactive ketones (excluding diaryl/α,β-unsaturated/α-hetero) is 1. The van der Waals surface area contributed by atoms with Crippen LogP contribution in [0.15, 0.2) is 24.3 Å². The maximum atomic E-state index is 13.6. The summed E-state index contributed by atoms with van der Waals surface area (Å²) >= 11 is 0. The molecule has 6 rings (SSSR count). The summed E-state index contributed by atoms with van der Waals surface area (Å²) in [6, 6.07) is 7.83. The number of rotatable bonds is 7. The molecule has 0 spiro atoms. The van der Waals surface area contributed by atoms with Gasteiger partial charge in [-0.2, -0.15) is 4.98 Å². The van der Waals surface area contributed by atoms with Crippen LogP contribution in [0.2, 0.25) is 0 Å². The number of carbonyl (C=O) groups is 2.